The van der Waals surface area contributed by atoms with Crippen LogP contribution in [-0.4, -0.2) is 36.0 Å². The van der Waals surface area contributed by atoms with Gasteiger partial charge in [0.05, 0.1) is 11.3 Å². The molecule has 0 radical (unpaired) electrons. The molecule has 5 nitrogen and oxygen atoms in total. The molecule has 0 saturated carbocycles. The fourth-order valence-corrected chi connectivity index (χ4v) is 4.59. The van der Waals surface area contributed by atoms with Gasteiger partial charge in [0.15, 0.2) is 0 Å². The van der Waals surface area contributed by atoms with Gasteiger partial charge in [-0.2, -0.15) is 0 Å². The highest BCUT2D eigenvalue weighted by molar-refractivity contribution is 6.08. The van der Waals surface area contributed by atoms with Crippen molar-refractivity contribution in [2.45, 2.75) is 58.5 Å². The maximum atomic E-state index is 13.1. The van der Waals surface area contributed by atoms with Gasteiger partial charge in [-0.25, -0.2) is 0 Å². The van der Waals surface area contributed by atoms with Crippen LogP contribution in [0.4, 0.5) is 11.4 Å². The highest BCUT2D eigenvalue weighted by atomic mass is 16.2. The van der Waals surface area contributed by atoms with Gasteiger partial charge in [-0.1, -0.05) is 32.4 Å². The van der Waals surface area contributed by atoms with Crippen molar-refractivity contribution in [2.24, 2.45) is 0 Å². The molecule has 2 aromatic rings. The maximum absolute atomic E-state index is 13.1. The molecule has 0 bridgehead atoms. The predicted octanol–water partition coefficient (Wildman–Crippen LogP) is 5.24. The van der Waals surface area contributed by atoms with Gasteiger partial charge in [0.25, 0.3) is 11.8 Å². The number of carbonyl (C=O) groups is 2. The zero-order chi connectivity index (χ0) is 21.3. The predicted molar refractivity (Wildman–Crippen MR) is 121 cm³/mol. The zero-order valence-corrected chi connectivity index (χ0v) is 18.1. The Hall–Kier alpha value is -2.82. The van der Waals surface area contributed by atoms with Crippen molar-refractivity contribution in [1.82, 2.24) is 4.90 Å². The van der Waals surface area contributed by atoms with E-state index in [2.05, 4.69) is 31.0 Å². The summed E-state index contributed by atoms with van der Waals surface area (Å²) in [6, 6.07) is 13.4. The molecule has 2 aliphatic rings. The molecule has 1 unspecified atom stereocenters. The molecule has 0 aliphatic carbocycles. The van der Waals surface area contributed by atoms with E-state index in [1.165, 1.54) is 5.56 Å². The van der Waals surface area contributed by atoms with Gasteiger partial charge in [0.1, 0.15) is 6.17 Å². The van der Waals surface area contributed by atoms with E-state index in [1.807, 2.05) is 41.3 Å². The molecule has 0 spiro atoms. The summed E-state index contributed by atoms with van der Waals surface area (Å²) >= 11 is 0. The Kier molecular flexibility index (Phi) is 5.80. The van der Waals surface area contributed by atoms with Crippen molar-refractivity contribution in [3.8, 4) is 0 Å². The molecule has 0 aromatic heterocycles. The first-order chi connectivity index (χ1) is 14.5. The second-order valence-corrected chi connectivity index (χ2v) is 8.58. The van der Waals surface area contributed by atoms with E-state index in [0.717, 1.165) is 50.1 Å². The zero-order valence-electron chi connectivity index (χ0n) is 18.1. The van der Waals surface area contributed by atoms with Crippen LogP contribution in [0.25, 0.3) is 0 Å². The van der Waals surface area contributed by atoms with Crippen LogP contribution in [-0.2, 0) is 0 Å². The van der Waals surface area contributed by atoms with Crippen LogP contribution in [0, 0.1) is 0 Å². The largest absolute Gasteiger partial charge is 0.351 e. The van der Waals surface area contributed by atoms with Gasteiger partial charge in [-0.05, 0) is 68.0 Å². The van der Waals surface area contributed by atoms with E-state index in [0.29, 0.717) is 17.0 Å². The summed E-state index contributed by atoms with van der Waals surface area (Å²) in [5.74, 6) is 0.399. The summed E-state index contributed by atoms with van der Waals surface area (Å²) in [4.78, 5) is 30.3. The Bertz CT molecular complexity index is 936. The summed E-state index contributed by atoms with van der Waals surface area (Å²) in [6.07, 6.45) is 4.44. The molecule has 5 heteroatoms. The molecular weight excluding hydrogens is 374 g/mol. The maximum Gasteiger partial charge on any atom is 0.257 e. The van der Waals surface area contributed by atoms with Crippen LogP contribution in [0.1, 0.15) is 78.7 Å². The van der Waals surface area contributed by atoms with Crippen molar-refractivity contribution in [2.75, 3.05) is 23.3 Å². The number of anilines is 2. The Balaban J connectivity index is 1.60. The monoisotopic (exact) mass is 405 g/mol. The molecule has 4 rings (SSSR count). The summed E-state index contributed by atoms with van der Waals surface area (Å²) < 4.78 is 0. The molecule has 2 aliphatic heterocycles. The molecule has 1 saturated heterocycles. The number of nitrogens with one attached hydrogen (secondary N) is 1. The molecule has 2 heterocycles. The fourth-order valence-electron chi connectivity index (χ4n) is 4.59. The van der Waals surface area contributed by atoms with Crippen LogP contribution in [0.3, 0.4) is 0 Å². The molecule has 158 valence electrons. The number of fused-ring (bicyclic) bond motifs is 2. The third-order valence-corrected chi connectivity index (χ3v) is 6.32. The van der Waals surface area contributed by atoms with Gasteiger partial charge < -0.3 is 15.1 Å². The van der Waals surface area contributed by atoms with Gasteiger partial charge in [-0.3, -0.25) is 9.59 Å². The second-order valence-electron chi connectivity index (χ2n) is 8.58. The number of hydrogen-bond donors (Lipinski definition) is 1. The van der Waals surface area contributed by atoms with Crippen LogP contribution < -0.4 is 10.2 Å². The van der Waals surface area contributed by atoms with Crippen molar-refractivity contribution in [3.05, 3.63) is 59.2 Å². The van der Waals surface area contributed by atoms with Crippen molar-refractivity contribution in [3.63, 3.8) is 0 Å². The number of carbonyl (C=O) groups excluding carboxylic acids is 2. The Labute approximate surface area is 179 Å². The number of nitrogens with zero attached hydrogens (tertiary/aromatic N) is 2. The third-order valence-electron chi connectivity index (χ3n) is 6.32. The Morgan fingerprint density at radius 2 is 1.87 bits per heavy atom. The lowest BCUT2D eigenvalue weighted by Gasteiger charge is -2.44. The smallest absolute Gasteiger partial charge is 0.257 e. The van der Waals surface area contributed by atoms with Crippen molar-refractivity contribution >= 4 is 23.2 Å². The topological polar surface area (TPSA) is 52.7 Å². The van der Waals surface area contributed by atoms with Gasteiger partial charge in [0, 0.05) is 24.3 Å². The van der Waals surface area contributed by atoms with Crippen LogP contribution in [0.5, 0.6) is 0 Å². The van der Waals surface area contributed by atoms with Crippen LogP contribution in [0.15, 0.2) is 42.5 Å². The molecule has 1 atom stereocenters. The molecule has 1 fully saturated rings. The van der Waals surface area contributed by atoms with E-state index in [1.54, 1.807) is 6.07 Å². The summed E-state index contributed by atoms with van der Waals surface area (Å²) in [5.41, 5.74) is 4.18. The Morgan fingerprint density at radius 1 is 1.10 bits per heavy atom. The number of amides is 2. The van der Waals surface area contributed by atoms with Crippen LogP contribution in [0.2, 0.25) is 0 Å². The molecule has 2 amide bonds. The minimum Gasteiger partial charge on any atom is -0.351 e. The van der Waals surface area contributed by atoms with Gasteiger partial charge >= 0.3 is 0 Å². The Morgan fingerprint density at radius 3 is 2.57 bits per heavy atom. The highest BCUT2D eigenvalue weighted by Gasteiger charge is 2.37. The van der Waals surface area contributed by atoms with Crippen molar-refractivity contribution in [1.29, 1.82) is 0 Å². The SMILES string of the molecule is CCN1c2cc(C(=O)Nc3ccc(C(C)C)cc3)ccc2C(=O)N2CCCCCC21. The van der Waals surface area contributed by atoms with Gasteiger partial charge in [0.2, 0.25) is 0 Å². The van der Waals surface area contributed by atoms with E-state index in [-0.39, 0.29) is 18.0 Å². The summed E-state index contributed by atoms with van der Waals surface area (Å²) in [7, 11) is 0. The number of benzene rings is 2. The van der Waals surface area contributed by atoms with Gasteiger partial charge in [-0.15, -0.1) is 0 Å². The first-order valence-electron chi connectivity index (χ1n) is 11.1. The minimum atomic E-state index is -0.151. The van der Waals surface area contributed by atoms with E-state index >= 15 is 0 Å². The van der Waals surface area contributed by atoms with Crippen molar-refractivity contribution < 1.29 is 9.59 Å². The average molecular weight is 406 g/mol. The van der Waals surface area contributed by atoms with E-state index < -0.39 is 0 Å². The average Bonchev–Trinajstić information content (AvgIpc) is 3.00. The van der Waals surface area contributed by atoms with Crippen LogP contribution >= 0.6 is 0 Å². The number of hydrogen-bond acceptors (Lipinski definition) is 3. The lowest BCUT2D eigenvalue weighted by atomic mass is 10.0. The third kappa shape index (κ3) is 3.81. The molecular formula is C25H31N3O2. The number of rotatable bonds is 4. The molecule has 2 aromatic carbocycles. The standard InChI is InChI=1S/C25H31N3O2/c1-4-27-22-16-19(24(29)26-20-12-9-18(10-13-20)17(2)3)11-14-21(22)25(30)28-15-7-5-6-8-23(27)28/h9-14,16-17,23H,4-8,15H2,1-3H3,(H,26,29). The minimum absolute atomic E-state index is 0.0952. The second kappa shape index (κ2) is 8.50. The van der Waals surface area contributed by atoms with E-state index in [4.69, 9.17) is 0 Å². The quantitative estimate of drug-likeness (QED) is 0.756. The molecule has 30 heavy (non-hydrogen) atoms. The lowest BCUT2D eigenvalue weighted by molar-refractivity contribution is 0.0656. The summed E-state index contributed by atoms with van der Waals surface area (Å²) in [5, 5.41) is 2.99. The van der Waals surface area contributed by atoms with E-state index in [9.17, 15) is 9.59 Å². The summed E-state index contributed by atoms with van der Waals surface area (Å²) in [6.45, 7) is 8.04. The lowest BCUT2D eigenvalue weighted by Crippen LogP contribution is -2.55. The molecule has 1 N–H and O–H groups in total. The first-order valence-corrected chi connectivity index (χ1v) is 11.1. The fraction of sp³-hybridized carbons (Fsp3) is 0.440. The first kappa shape index (κ1) is 20.5. The normalized spacial score (nSPS) is 18.7. The highest BCUT2D eigenvalue weighted by Crippen LogP contribution is 2.35.